The molecule has 2 rings (SSSR count). The molecule has 1 aliphatic rings. The Bertz CT molecular complexity index is 496. The number of nitrogens with two attached hydrogens (primary N) is 1. The normalized spacial score (nSPS) is 18.2. The summed E-state index contributed by atoms with van der Waals surface area (Å²) in [6.07, 6.45) is 1.95. The fourth-order valence-electron chi connectivity index (χ4n) is 2.49. The van der Waals surface area contributed by atoms with Gasteiger partial charge in [-0.15, -0.1) is 12.4 Å². The summed E-state index contributed by atoms with van der Waals surface area (Å²) in [6.45, 7) is 1.12. The first-order valence-electron chi connectivity index (χ1n) is 6.40. The molecule has 1 unspecified atom stereocenters. The molecule has 1 saturated heterocycles. The number of carbonyl (C=O) groups is 2. The Morgan fingerprint density at radius 2 is 2.05 bits per heavy atom. The summed E-state index contributed by atoms with van der Waals surface area (Å²) in [4.78, 5) is 24.7. The molecule has 1 atom stereocenters. The van der Waals surface area contributed by atoms with Crippen molar-refractivity contribution in [1.82, 2.24) is 4.90 Å². The van der Waals surface area contributed by atoms with Crippen LogP contribution in [0.25, 0.3) is 0 Å². The van der Waals surface area contributed by atoms with Gasteiger partial charge in [-0.05, 0) is 30.9 Å². The number of nitrogens with zero attached hydrogens (tertiary/aromatic N) is 1. The van der Waals surface area contributed by atoms with Gasteiger partial charge >= 0.3 is 6.03 Å². The second-order valence-electron chi connectivity index (χ2n) is 4.90. The van der Waals surface area contributed by atoms with Crippen molar-refractivity contribution in [1.29, 1.82) is 0 Å². The molecule has 4 nitrogen and oxygen atoms in total. The van der Waals surface area contributed by atoms with E-state index in [4.69, 9.17) is 5.73 Å². The van der Waals surface area contributed by atoms with E-state index < -0.39 is 11.8 Å². The largest absolute Gasteiger partial charge is 0.351 e. The summed E-state index contributed by atoms with van der Waals surface area (Å²) >= 11 is 0. The van der Waals surface area contributed by atoms with Crippen molar-refractivity contribution in [3.8, 4) is 0 Å². The number of urea groups is 1. The zero-order chi connectivity index (χ0) is 13.8. The molecular weight excluding hydrogens is 283 g/mol. The molecule has 1 aromatic rings. The highest BCUT2D eigenvalue weighted by Gasteiger charge is 2.25. The van der Waals surface area contributed by atoms with E-state index in [9.17, 15) is 14.0 Å². The van der Waals surface area contributed by atoms with Crippen LogP contribution in [0.5, 0.6) is 0 Å². The fraction of sp³-hybridized carbons (Fsp3) is 0.429. The highest BCUT2D eigenvalue weighted by Crippen LogP contribution is 2.22. The number of hydrogen-bond acceptors (Lipinski definition) is 2. The van der Waals surface area contributed by atoms with Gasteiger partial charge in [0.25, 0.3) is 0 Å². The van der Waals surface area contributed by atoms with Crippen LogP contribution in [-0.4, -0.2) is 29.8 Å². The summed E-state index contributed by atoms with van der Waals surface area (Å²) in [7, 11) is 0. The molecule has 0 aliphatic carbocycles. The molecule has 1 aliphatic heterocycles. The first-order valence-corrected chi connectivity index (χ1v) is 6.40. The number of halogens is 2. The molecule has 0 saturated carbocycles. The minimum atomic E-state index is -0.491. The summed E-state index contributed by atoms with van der Waals surface area (Å²) in [6, 6.07) is 5.52. The molecule has 1 heterocycles. The molecule has 1 fully saturated rings. The number of likely N-dealkylation sites (tertiary alicyclic amines) is 1. The van der Waals surface area contributed by atoms with E-state index in [0.717, 1.165) is 12.8 Å². The topological polar surface area (TPSA) is 63.4 Å². The van der Waals surface area contributed by atoms with Crippen molar-refractivity contribution in [3.63, 3.8) is 0 Å². The second kappa shape index (κ2) is 7.24. The van der Waals surface area contributed by atoms with Crippen LogP contribution in [0.1, 0.15) is 29.6 Å². The van der Waals surface area contributed by atoms with E-state index in [-0.39, 0.29) is 36.1 Å². The second-order valence-corrected chi connectivity index (χ2v) is 4.90. The highest BCUT2D eigenvalue weighted by molar-refractivity contribution is 5.96. The van der Waals surface area contributed by atoms with Crippen molar-refractivity contribution < 1.29 is 14.0 Å². The molecule has 1 aromatic carbocycles. The van der Waals surface area contributed by atoms with Gasteiger partial charge in [-0.25, -0.2) is 9.18 Å². The molecule has 2 amide bonds. The maximum absolute atomic E-state index is 13.5. The lowest BCUT2D eigenvalue weighted by atomic mass is 9.91. The Morgan fingerprint density at radius 1 is 1.35 bits per heavy atom. The van der Waals surface area contributed by atoms with Gasteiger partial charge in [-0.1, -0.05) is 12.1 Å². The summed E-state index contributed by atoms with van der Waals surface area (Å²) in [5.41, 5.74) is 5.36. The Kier molecular flexibility index (Phi) is 5.95. The Labute approximate surface area is 123 Å². The molecule has 110 valence electrons. The Balaban J connectivity index is 0.00000200. The molecule has 0 aromatic heterocycles. The van der Waals surface area contributed by atoms with Gasteiger partial charge in [-0.2, -0.15) is 0 Å². The van der Waals surface area contributed by atoms with E-state index in [1.807, 2.05) is 0 Å². The quantitative estimate of drug-likeness (QED) is 0.872. The summed E-state index contributed by atoms with van der Waals surface area (Å²) in [5, 5.41) is 0. The smallest absolute Gasteiger partial charge is 0.314 e. The van der Waals surface area contributed by atoms with E-state index >= 15 is 0 Å². The van der Waals surface area contributed by atoms with Crippen molar-refractivity contribution in [2.45, 2.75) is 19.3 Å². The van der Waals surface area contributed by atoms with Crippen LogP contribution in [0.3, 0.4) is 0 Å². The monoisotopic (exact) mass is 300 g/mol. The predicted molar refractivity (Wildman–Crippen MR) is 76.5 cm³/mol. The van der Waals surface area contributed by atoms with Gasteiger partial charge in [-0.3, -0.25) is 4.79 Å². The first kappa shape index (κ1) is 16.4. The van der Waals surface area contributed by atoms with Gasteiger partial charge in [0.1, 0.15) is 5.82 Å². The van der Waals surface area contributed by atoms with E-state index in [1.54, 1.807) is 17.0 Å². The lowest BCUT2D eigenvalue weighted by Gasteiger charge is -2.31. The summed E-state index contributed by atoms with van der Waals surface area (Å²) in [5.74, 6) is -0.641. The number of carbonyl (C=O) groups excluding carboxylic acids is 2. The van der Waals surface area contributed by atoms with Crippen molar-refractivity contribution >= 4 is 24.2 Å². The highest BCUT2D eigenvalue weighted by atomic mass is 35.5. The fourth-order valence-corrected chi connectivity index (χ4v) is 2.49. The number of Topliss-reactive ketones (excluding diaryl/α,β-unsaturated/α-hetero) is 1. The van der Waals surface area contributed by atoms with Crippen LogP contribution in [0.15, 0.2) is 24.3 Å². The number of hydrogen-bond donors (Lipinski definition) is 1. The number of ketones is 1. The van der Waals surface area contributed by atoms with Gasteiger partial charge in [0.15, 0.2) is 5.78 Å². The van der Waals surface area contributed by atoms with Gasteiger partial charge < -0.3 is 10.6 Å². The number of primary amides is 1. The van der Waals surface area contributed by atoms with E-state index in [2.05, 4.69) is 0 Å². The third-order valence-corrected chi connectivity index (χ3v) is 3.48. The molecule has 6 heteroatoms. The van der Waals surface area contributed by atoms with Gasteiger partial charge in [0.2, 0.25) is 0 Å². The van der Waals surface area contributed by atoms with Crippen LogP contribution in [-0.2, 0) is 0 Å². The number of rotatable bonds is 3. The third kappa shape index (κ3) is 3.93. The average molecular weight is 301 g/mol. The summed E-state index contributed by atoms with van der Waals surface area (Å²) < 4.78 is 13.5. The third-order valence-electron chi connectivity index (χ3n) is 3.48. The average Bonchev–Trinajstić information content (AvgIpc) is 2.39. The lowest BCUT2D eigenvalue weighted by molar-refractivity contribution is 0.0926. The maximum Gasteiger partial charge on any atom is 0.314 e. The number of benzene rings is 1. The van der Waals surface area contributed by atoms with Crippen LogP contribution < -0.4 is 5.73 Å². The van der Waals surface area contributed by atoms with Gasteiger partial charge in [0, 0.05) is 19.5 Å². The molecule has 0 bridgehead atoms. The SMILES string of the molecule is Cl.NC(=O)N1CCCC(CC(=O)c2ccccc2F)C1. The van der Waals surface area contributed by atoms with E-state index in [0.29, 0.717) is 13.1 Å². The van der Waals surface area contributed by atoms with Crippen LogP contribution in [0.4, 0.5) is 9.18 Å². The molecule has 0 radical (unpaired) electrons. The van der Waals surface area contributed by atoms with Crippen molar-refractivity contribution in [2.75, 3.05) is 13.1 Å². The van der Waals surface area contributed by atoms with Crippen molar-refractivity contribution in [2.24, 2.45) is 11.7 Å². The minimum absolute atomic E-state index is 0. The number of piperidine rings is 1. The number of amides is 2. The zero-order valence-electron chi connectivity index (χ0n) is 11.0. The Morgan fingerprint density at radius 3 is 2.70 bits per heavy atom. The minimum Gasteiger partial charge on any atom is -0.351 e. The van der Waals surface area contributed by atoms with Crippen LogP contribution in [0.2, 0.25) is 0 Å². The zero-order valence-corrected chi connectivity index (χ0v) is 11.9. The molecular formula is C14H18ClFN2O2. The lowest BCUT2D eigenvalue weighted by Crippen LogP contribution is -2.43. The van der Waals surface area contributed by atoms with Crippen LogP contribution >= 0.6 is 12.4 Å². The van der Waals surface area contributed by atoms with E-state index in [1.165, 1.54) is 12.1 Å². The Hall–Kier alpha value is -1.62. The van der Waals surface area contributed by atoms with Crippen molar-refractivity contribution in [3.05, 3.63) is 35.6 Å². The molecule has 2 N–H and O–H groups in total. The molecule has 20 heavy (non-hydrogen) atoms. The van der Waals surface area contributed by atoms with Gasteiger partial charge in [0.05, 0.1) is 5.56 Å². The van der Waals surface area contributed by atoms with Crippen LogP contribution in [0, 0.1) is 11.7 Å². The predicted octanol–water partition coefficient (Wildman–Crippen LogP) is 2.61. The standard InChI is InChI=1S/C14H17FN2O2.ClH/c15-12-6-2-1-5-11(12)13(18)8-10-4-3-7-17(9-10)14(16)19;/h1-2,5-6,10H,3-4,7-9H2,(H2,16,19);1H. The molecule has 0 spiro atoms. The maximum atomic E-state index is 13.5. The first-order chi connectivity index (χ1) is 9.08.